The van der Waals surface area contributed by atoms with E-state index in [0.717, 1.165) is 48.5 Å². The number of carbonyl (C=O) groups is 1. The molecular weight excluding hydrogens is 358 g/mol. The summed E-state index contributed by atoms with van der Waals surface area (Å²) in [5.41, 5.74) is 0.626. The average molecular weight is 383 g/mol. The number of rotatable bonds is 5. The van der Waals surface area contributed by atoms with Gasteiger partial charge in [-0.25, -0.2) is 14.6 Å². The van der Waals surface area contributed by atoms with Crippen LogP contribution in [0.5, 0.6) is 0 Å². The van der Waals surface area contributed by atoms with E-state index in [2.05, 4.69) is 45.9 Å². The number of furan rings is 1. The lowest BCUT2D eigenvalue weighted by Gasteiger charge is -2.38. The molecule has 1 aliphatic rings. The van der Waals surface area contributed by atoms with E-state index in [0.29, 0.717) is 11.6 Å². The Balaban J connectivity index is 1.73. The fourth-order valence-electron chi connectivity index (χ4n) is 3.84. The molecule has 4 heterocycles. The monoisotopic (exact) mass is 383 g/mol. The summed E-state index contributed by atoms with van der Waals surface area (Å²) in [5.74, 6) is 3.03. The van der Waals surface area contributed by atoms with Gasteiger partial charge in [0.15, 0.2) is 5.65 Å². The molecule has 0 N–H and O–H groups in total. The van der Waals surface area contributed by atoms with E-state index >= 15 is 0 Å². The van der Waals surface area contributed by atoms with E-state index < -0.39 is 0 Å². The summed E-state index contributed by atoms with van der Waals surface area (Å²) in [7, 11) is 1.36. The maximum absolute atomic E-state index is 11.7. The first-order chi connectivity index (χ1) is 13.6. The van der Waals surface area contributed by atoms with Gasteiger partial charge in [-0.05, 0) is 30.9 Å². The number of carbonyl (C=O) groups excluding carboxylic acids is 1. The minimum Gasteiger partial charge on any atom is -0.468 e. The predicted octanol–water partition coefficient (Wildman–Crippen LogP) is 3.13. The first kappa shape index (κ1) is 18.5. The van der Waals surface area contributed by atoms with Crippen molar-refractivity contribution in [2.24, 2.45) is 5.92 Å². The van der Waals surface area contributed by atoms with Crippen LogP contribution in [0.4, 0.5) is 5.82 Å². The third-order valence-electron chi connectivity index (χ3n) is 5.42. The fraction of sp³-hybridized carbons (Fsp3) is 0.500. The Morgan fingerprint density at radius 1 is 1.36 bits per heavy atom. The van der Waals surface area contributed by atoms with Crippen LogP contribution in [-0.4, -0.2) is 39.4 Å². The van der Waals surface area contributed by atoms with Crippen LogP contribution in [0, 0.1) is 5.92 Å². The molecule has 0 bridgehead atoms. The zero-order valence-electron chi connectivity index (χ0n) is 16.5. The third-order valence-corrected chi connectivity index (χ3v) is 5.42. The number of anilines is 1. The zero-order valence-corrected chi connectivity index (χ0v) is 16.5. The highest BCUT2D eigenvalue weighted by molar-refractivity contribution is 5.87. The van der Waals surface area contributed by atoms with Crippen molar-refractivity contribution in [2.75, 3.05) is 18.6 Å². The van der Waals surface area contributed by atoms with Crippen LogP contribution in [0.3, 0.4) is 0 Å². The highest BCUT2D eigenvalue weighted by Crippen LogP contribution is 2.39. The maximum atomic E-state index is 11.7. The Labute approximate surface area is 163 Å². The van der Waals surface area contributed by atoms with Gasteiger partial charge in [0.1, 0.15) is 30.2 Å². The Morgan fingerprint density at radius 2 is 2.21 bits per heavy atom. The summed E-state index contributed by atoms with van der Waals surface area (Å²) in [6.45, 7) is 5.27. The van der Waals surface area contributed by atoms with Crippen molar-refractivity contribution in [3.8, 4) is 0 Å². The second kappa shape index (κ2) is 7.61. The lowest BCUT2D eigenvalue weighted by Crippen LogP contribution is -2.36. The van der Waals surface area contributed by atoms with Gasteiger partial charge in [0.2, 0.25) is 0 Å². The molecule has 8 nitrogen and oxygen atoms in total. The van der Waals surface area contributed by atoms with Crippen LogP contribution in [-0.2, 0) is 22.5 Å². The minimum absolute atomic E-state index is 0.0228. The number of aryl methyl sites for hydroxylation is 1. The highest BCUT2D eigenvalue weighted by atomic mass is 16.5. The molecule has 3 aromatic heterocycles. The Kier molecular flexibility index (Phi) is 5.02. The molecule has 0 amide bonds. The van der Waals surface area contributed by atoms with Gasteiger partial charge in [-0.1, -0.05) is 13.8 Å². The second-order valence-electron chi connectivity index (χ2n) is 7.31. The number of ether oxygens (including phenoxy) is 1. The van der Waals surface area contributed by atoms with Gasteiger partial charge in [0.25, 0.3) is 0 Å². The first-order valence-electron chi connectivity index (χ1n) is 9.69. The molecule has 0 unspecified atom stereocenters. The molecule has 1 aliphatic heterocycles. The predicted molar refractivity (Wildman–Crippen MR) is 104 cm³/mol. The molecular formula is C20H25N5O3. The molecule has 0 radical (unpaired) electrons. The van der Waals surface area contributed by atoms with Crippen LogP contribution in [0.2, 0.25) is 0 Å². The quantitative estimate of drug-likeness (QED) is 0.626. The molecule has 148 valence electrons. The SMILES string of the molecule is CCc1ccc([C@H]2C[C@H](C)CCN2c2ncnc3c2cnn3CC(=O)OC)o1. The molecule has 1 fully saturated rings. The van der Waals surface area contributed by atoms with Crippen molar-refractivity contribution in [1.29, 1.82) is 0 Å². The molecule has 8 heteroatoms. The van der Waals surface area contributed by atoms with Crippen molar-refractivity contribution >= 4 is 22.8 Å². The Bertz CT molecular complexity index is 979. The van der Waals surface area contributed by atoms with E-state index in [-0.39, 0.29) is 18.6 Å². The number of methoxy groups -OCH3 is 1. The van der Waals surface area contributed by atoms with E-state index in [4.69, 9.17) is 9.15 Å². The van der Waals surface area contributed by atoms with Crippen molar-refractivity contribution in [1.82, 2.24) is 19.7 Å². The van der Waals surface area contributed by atoms with Crippen molar-refractivity contribution in [2.45, 2.75) is 45.7 Å². The second-order valence-corrected chi connectivity index (χ2v) is 7.31. The summed E-state index contributed by atoms with van der Waals surface area (Å²) < 4.78 is 12.4. The molecule has 1 saturated heterocycles. The molecule has 0 saturated carbocycles. The van der Waals surface area contributed by atoms with Gasteiger partial charge < -0.3 is 14.1 Å². The lowest BCUT2D eigenvalue weighted by atomic mass is 9.91. The summed E-state index contributed by atoms with van der Waals surface area (Å²) in [6, 6.07) is 4.25. The maximum Gasteiger partial charge on any atom is 0.327 e. The van der Waals surface area contributed by atoms with Gasteiger partial charge in [-0.3, -0.25) is 4.79 Å². The Hall–Kier alpha value is -2.90. The van der Waals surface area contributed by atoms with Crippen LogP contribution < -0.4 is 4.90 Å². The largest absolute Gasteiger partial charge is 0.468 e. The van der Waals surface area contributed by atoms with Crippen LogP contribution in [0.25, 0.3) is 11.0 Å². The summed E-state index contributed by atoms with van der Waals surface area (Å²) in [4.78, 5) is 22.9. The average Bonchev–Trinajstić information content (AvgIpc) is 3.35. The molecule has 28 heavy (non-hydrogen) atoms. The molecule has 0 aromatic carbocycles. The lowest BCUT2D eigenvalue weighted by molar-refractivity contribution is -0.141. The van der Waals surface area contributed by atoms with Gasteiger partial charge in [0.05, 0.1) is 24.7 Å². The van der Waals surface area contributed by atoms with E-state index in [1.54, 1.807) is 10.9 Å². The molecule has 0 spiro atoms. The number of hydrogen-bond donors (Lipinski definition) is 0. The van der Waals surface area contributed by atoms with Gasteiger partial charge in [-0.2, -0.15) is 5.10 Å². The number of nitrogens with zero attached hydrogens (tertiary/aromatic N) is 5. The summed E-state index contributed by atoms with van der Waals surface area (Å²) >= 11 is 0. The van der Waals surface area contributed by atoms with Crippen LogP contribution in [0.15, 0.2) is 29.1 Å². The van der Waals surface area contributed by atoms with Gasteiger partial charge >= 0.3 is 5.97 Å². The van der Waals surface area contributed by atoms with Gasteiger partial charge in [0, 0.05) is 13.0 Å². The van der Waals surface area contributed by atoms with E-state index in [1.807, 2.05) is 0 Å². The number of piperidine rings is 1. The molecule has 4 rings (SSSR count). The zero-order chi connectivity index (χ0) is 19.7. The van der Waals surface area contributed by atoms with Gasteiger partial charge in [-0.15, -0.1) is 0 Å². The molecule has 3 aromatic rings. The Morgan fingerprint density at radius 3 is 2.96 bits per heavy atom. The highest BCUT2D eigenvalue weighted by Gasteiger charge is 2.32. The van der Waals surface area contributed by atoms with Crippen LogP contribution in [0.1, 0.15) is 44.3 Å². The summed E-state index contributed by atoms with van der Waals surface area (Å²) in [5, 5.41) is 5.16. The fourth-order valence-corrected chi connectivity index (χ4v) is 3.84. The number of esters is 1. The van der Waals surface area contributed by atoms with Crippen molar-refractivity contribution in [3.63, 3.8) is 0 Å². The smallest absolute Gasteiger partial charge is 0.327 e. The number of fused-ring (bicyclic) bond motifs is 1. The topological polar surface area (TPSA) is 86.3 Å². The van der Waals surface area contributed by atoms with Crippen LogP contribution >= 0.6 is 0 Å². The minimum atomic E-state index is -0.363. The molecule has 0 aliphatic carbocycles. The van der Waals surface area contributed by atoms with E-state index in [1.165, 1.54) is 13.4 Å². The van der Waals surface area contributed by atoms with Crippen molar-refractivity contribution in [3.05, 3.63) is 36.2 Å². The third kappa shape index (κ3) is 3.34. The molecule has 2 atom stereocenters. The number of aromatic nitrogens is 4. The first-order valence-corrected chi connectivity index (χ1v) is 9.69. The summed E-state index contributed by atoms with van der Waals surface area (Å²) in [6.07, 6.45) is 6.21. The van der Waals surface area contributed by atoms with E-state index in [9.17, 15) is 4.79 Å². The standard InChI is InChI=1S/C20H25N5O3/c1-4-14-5-6-17(28-14)16-9-13(2)7-8-24(16)19-15-10-23-25(11-18(26)27-3)20(15)22-12-21-19/h5-6,10,12-13,16H,4,7-9,11H2,1-3H3/t13-,16-/m1/s1. The number of hydrogen-bond acceptors (Lipinski definition) is 7. The normalized spacial score (nSPS) is 19.9. The van der Waals surface area contributed by atoms with Crippen molar-refractivity contribution < 1.29 is 13.9 Å².